The molecule has 0 spiro atoms. The second-order valence-electron chi connectivity index (χ2n) is 3.56. The first-order valence-electron chi connectivity index (χ1n) is 4.16. The number of hydrogen-bond donors (Lipinski definition) is 2. The fourth-order valence-corrected chi connectivity index (χ4v) is 1.79. The monoisotopic (exact) mass is 142 g/mol. The Morgan fingerprint density at radius 2 is 2.20 bits per heavy atom. The van der Waals surface area contributed by atoms with Crippen molar-refractivity contribution in [2.75, 3.05) is 19.6 Å². The van der Waals surface area contributed by atoms with Gasteiger partial charge in [0.05, 0.1) is 0 Å². The standard InChI is InChI=1S/C8H18N2/c1-6(2)8-5-10-4-7(8)3-9/h6-8,10H,3-5,9H2,1-2H3/t7-,8+/m1/s1. The van der Waals surface area contributed by atoms with Crippen LogP contribution in [0.15, 0.2) is 0 Å². The third kappa shape index (κ3) is 1.50. The van der Waals surface area contributed by atoms with E-state index in [1.165, 1.54) is 6.54 Å². The van der Waals surface area contributed by atoms with Crippen LogP contribution in [-0.2, 0) is 0 Å². The van der Waals surface area contributed by atoms with Crippen LogP contribution in [0.3, 0.4) is 0 Å². The molecule has 0 radical (unpaired) electrons. The molecule has 2 atom stereocenters. The fourth-order valence-electron chi connectivity index (χ4n) is 1.79. The molecule has 2 nitrogen and oxygen atoms in total. The Balaban J connectivity index is 2.42. The van der Waals surface area contributed by atoms with E-state index in [2.05, 4.69) is 19.2 Å². The molecule has 60 valence electrons. The highest BCUT2D eigenvalue weighted by Gasteiger charge is 2.27. The van der Waals surface area contributed by atoms with E-state index in [0.29, 0.717) is 0 Å². The zero-order chi connectivity index (χ0) is 7.56. The summed E-state index contributed by atoms with van der Waals surface area (Å²) >= 11 is 0. The average Bonchev–Trinajstić information content (AvgIpc) is 2.33. The van der Waals surface area contributed by atoms with Gasteiger partial charge in [0.2, 0.25) is 0 Å². The van der Waals surface area contributed by atoms with Crippen molar-refractivity contribution >= 4 is 0 Å². The maximum atomic E-state index is 5.62. The quantitative estimate of drug-likeness (QED) is 0.587. The molecule has 0 aromatic heterocycles. The van der Waals surface area contributed by atoms with Crippen molar-refractivity contribution in [2.45, 2.75) is 13.8 Å². The molecule has 0 aromatic carbocycles. The fraction of sp³-hybridized carbons (Fsp3) is 1.00. The SMILES string of the molecule is CC(C)[C@@H]1CNC[C@H]1CN. The Labute approximate surface area is 63.2 Å². The van der Waals surface area contributed by atoms with E-state index >= 15 is 0 Å². The zero-order valence-electron chi connectivity index (χ0n) is 6.93. The molecule has 3 N–H and O–H groups in total. The van der Waals surface area contributed by atoms with E-state index in [9.17, 15) is 0 Å². The molecule has 1 aliphatic rings. The Bertz CT molecular complexity index is 101. The normalized spacial score (nSPS) is 33.6. The molecule has 0 aromatic rings. The van der Waals surface area contributed by atoms with Gasteiger partial charge in [0.1, 0.15) is 0 Å². The van der Waals surface area contributed by atoms with Crippen molar-refractivity contribution in [3.63, 3.8) is 0 Å². The van der Waals surface area contributed by atoms with Gasteiger partial charge in [0.15, 0.2) is 0 Å². The third-order valence-electron chi connectivity index (χ3n) is 2.55. The Kier molecular flexibility index (Phi) is 2.69. The van der Waals surface area contributed by atoms with Crippen LogP contribution in [0.25, 0.3) is 0 Å². The van der Waals surface area contributed by atoms with Crippen LogP contribution < -0.4 is 11.1 Å². The van der Waals surface area contributed by atoms with Crippen LogP contribution in [-0.4, -0.2) is 19.6 Å². The van der Waals surface area contributed by atoms with Gasteiger partial charge in [0.25, 0.3) is 0 Å². The molecule has 1 rings (SSSR count). The van der Waals surface area contributed by atoms with Crippen molar-refractivity contribution in [1.29, 1.82) is 0 Å². The minimum atomic E-state index is 0.722. The number of nitrogens with one attached hydrogen (secondary N) is 1. The summed E-state index contributed by atoms with van der Waals surface area (Å²) in [5.74, 6) is 2.31. The highest BCUT2D eigenvalue weighted by molar-refractivity contribution is 4.83. The summed E-state index contributed by atoms with van der Waals surface area (Å²) in [7, 11) is 0. The van der Waals surface area contributed by atoms with Gasteiger partial charge in [-0.15, -0.1) is 0 Å². The Hall–Kier alpha value is -0.0800. The van der Waals surface area contributed by atoms with Crippen molar-refractivity contribution in [3.8, 4) is 0 Å². The molecular formula is C8H18N2. The summed E-state index contributed by atoms with van der Waals surface area (Å²) in [6.07, 6.45) is 0. The first-order valence-corrected chi connectivity index (χ1v) is 4.16. The molecular weight excluding hydrogens is 124 g/mol. The molecule has 0 amide bonds. The van der Waals surface area contributed by atoms with Crippen LogP contribution in [0.2, 0.25) is 0 Å². The summed E-state index contributed by atoms with van der Waals surface area (Å²) in [5, 5.41) is 3.37. The maximum Gasteiger partial charge on any atom is -0.000510 e. The maximum absolute atomic E-state index is 5.62. The van der Waals surface area contributed by atoms with Gasteiger partial charge in [0, 0.05) is 0 Å². The molecule has 1 fully saturated rings. The third-order valence-corrected chi connectivity index (χ3v) is 2.55. The second kappa shape index (κ2) is 3.35. The Morgan fingerprint density at radius 1 is 1.50 bits per heavy atom. The van der Waals surface area contributed by atoms with Gasteiger partial charge in [-0.05, 0) is 37.4 Å². The highest BCUT2D eigenvalue weighted by atomic mass is 14.9. The van der Waals surface area contributed by atoms with Crippen LogP contribution in [0.5, 0.6) is 0 Å². The first-order chi connectivity index (χ1) is 4.75. The Morgan fingerprint density at radius 3 is 2.60 bits per heavy atom. The van der Waals surface area contributed by atoms with Crippen LogP contribution in [0.4, 0.5) is 0 Å². The van der Waals surface area contributed by atoms with Gasteiger partial charge in [-0.3, -0.25) is 0 Å². The summed E-state index contributed by atoms with van der Waals surface area (Å²) < 4.78 is 0. The molecule has 1 aliphatic heterocycles. The van der Waals surface area contributed by atoms with Gasteiger partial charge in [-0.2, -0.15) is 0 Å². The van der Waals surface area contributed by atoms with Crippen molar-refractivity contribution in [3.05, 3.63) is 0 Å². The minimum absolute atomic E-state index is 0.722. The van der Waals surface area contributed by atoms with E-state index < -0.39 is 0 Å². The smallest absolute Gasteiger partial charge is 0.000510 e. The van der Waals surface area contributed by atoms with E-state index in [-0.39, 0.29) is 0 Å². The second-order valence-corrected chi connectivity index (χ2v) is 3.56. The van der Waals surface area contributed by atoms with Gasteiger partial charge in [-0.25, -0.2) is 0 Å². The molecule has 0 aliphatic carbocycles. The lowest BCUT2D eigenvalue weighted by Gasteiger charge is -2.19. The van der Waals surface area contributed by atoms with Crippen LogP contribution in [0, 0.1) is 17.8 Å². The highest BCUT2D eigenvalue weighted by Crippen LogP contribution is 2.23. The predicted molar refractivity (Wildman–Crippen MR) is 43.7 cm³/mol. The molecule has 1 heterocycles. The largest absolute Gasteiger partial charge is 0.330 e. The van der Waals surface area contributed by atoms with Crippen molar-refractivity contribution in [2.24, 2.45) is 23.5 Å². The molecule has 0 unspecified atom stereocenters. The topological polar surface area (TPSA) is 38.0 Å². The summed E-state index contributed by atoms with van der Waals surface area (Å²) in [4.78, 5) is 0. The lowest BCUT2D eigenvalue weighted by Crippen LogP contribution is -2.25. The summed E-state index contributed by atoms with van der Waals surface area (Å²) in [6.45, 7) is 7.69. The molecule has 1 saturated heterocycles. The molecule has 0 saturated carbocycles. The lowest BCUT2D eigenvalue weighted by atomic mass is 9.86. The van der Waals surface area contributed by atoms with E-state index in [4.69, 9.17) is 5.73 Å². The van der Waals surface area contributed by atoms with Gasteiger partial charge in [-0.1, -0.05) is 13.8 Å². The van der Waals surface area contributed by atoms with Crippen molar-refractivity contribution in [1.82, 2.24) is 5.32 Å². The summed E-state index contributed by atoms with van der Waals surface area (Å²) in [6, 6.07) is 0. The molecule has 10 heavy (non-hydrogen) atoms. The molecule has 2 heteroatoms. The first kappa shape index (κ1) is 8.02. The number of rotatable bonds is 2. The molecule has 0 bridgehead atoms. The summed E-state index contributed by atoms with van der Waals surface area (Å²) in [5.41, 5.74) is 5.62. The minimum Gasteiger partial charge on any atom is -0.330 e. The van der Waals surface area contributed by atoms with Crippen molar-refractivity contribution < 1.29 is 0 Å². The van der Waals surface area contributed by atoms with Gasteiger partial charge < -0.3 is 11.1 Å². The number of nitrogens with two attached hydrogens (primary N) is 1. The average molecular weight is 142 g/mol. The predicted octanol–water partition coefficient (Wildman–Crippen LogP) is 0.437. The van der Waals surface area contributed by atoms with E-state index in [1.807, 2.05) is 0 Å². The van der Waals surface area contributed by atoms with Gasteiger partial charge >= 0.3 is 0 Å². The van der Waals surface area contributed by atoms with Crippen LogP contribution >= 0.6 is 0 Å². The lowest BCUT2D eigenvalue weighted by molar-refractivity contribution is 0.326. The number of hydrogen-bond acceptors (Lipinski definition) is 2. The zero-order valence-corrected chi connectivity index (χ0v) is 6.93. The van der Waals surface area contributed by atoms with Crippen LogP contribution in [0.1, 0.15) is 13.8 Å². The van der Waals surface area contributed by atoms with E-state index in [0.717, 1.165) is 30.8 Å². The van der Waals surface area contributed by atoms with E-state index in [1.54, 1.807) is 0 Å².